The predicted molar refractivity (Wildman–Crippen MR) is 75.7 cm³/mol. The van der Waals surface area contributed by atoms with Crippen LogP contribution in [0.25, 0.3) is 0 Å². The highest BCUT2D eigenvalue weighted by molar-refractivity contribution is 5.83. The van der Waals surface area contributed by atoms with Crippen LogP contribution in [0.1, 0.15) is 59.3 Å². The van der Waals surface area contributed by atoms with Gasteiger partial charge in [0.05, 0.1) is 0 Å². The Kier molecular flexibility index (Phi) is 4.32. The number of carbonyl (C=O) groups excluding carboxylic acids is 2. The van der Waals surface area contributed by atoms with Crippen molar-refractivity contribution in [2.45, 2.75) is 59.3 Å². The molecule has 0 atom stereocenters. The van der Waals surface area contributed by atoms with Gasteiger partial charge in [-0.2, -0.15) is 0 Å². The van der Waals surface area contributed by atoms with E-state index < -0.39 is 0 Å². The van der Waals surface area contributed by atoms with E-state index in [1.54, 1.807) is 6.92 Å². The lowest BCUT2D eigenvalue weighted by molar-refractivity contribution is -0.142. The van der Waals surface area contributed by atoms with Crippen molar-refractivity contribution in [2.75, 3.05) is 13.1 Å². The third-order valence-electron chi connectivity index (χ3n) is 5.39. The van der Waals surface area contributed by atoms with Crippen molar-refractivity contribution in [1.29, 1.82) is 0 Å². The molecule has 0 spiro atoms. The molecular weight excluding hydrogens is 238 g/mol. The van der Waals surface area contributed by atoms with Gasteiger partial charge >= 0.3 is 0 Å². The highest BCUT2D eigenvalue weighted by Gasteiger charge is 2.37. The second kappa shape index (κ2) is 5.64. The average molecular weight is 265 g/mol. The fourth-order valence-corrected chi connectivity index (χ4v) is 3.34. The molecule has 2 fully saturated rings. The van der Waals surface area contributed by atoms with Crippen LogP contribution in [0.5, 0.6) is 0 Å². The Balaban J connectivity index is 1.87. The van der Waals surface area contributed by atoms with E-state index in [1.165, 1.54) is 12.8 Å². The SMILES string of the molecule is CC(=O)C1(C)CCN(C(=O)C2CCC(C)CC2)CC1. The Morgan fingerprint density at radius 2 is 1.58 bits per heavy atom. The van der Waals surface area contributed by atoms with Crippen molar-refractivity contribution < 1.29 is 9.59 Å². The van der Waals surface area contributed by atoms with Gasteiger partial charge in [-0.05, 0) is 51.4 Å². The van der Waals surface area contributed by atoms with E-state index >= 15 is 0 Å². The first kappa shape index (κ1) is 14.5. The lowest BCUT2D eigenvalue weighted by atomic mass is 9.76. The molecule has 1 saturated carbocycles. The van der Waals surface area contributed by atoms with Gasteiger partial charge in [0, 0.05) is 24.4 Å². The van der Waals surface area contributed by atoms with E-state index in [9.17, 15) is 9.59 Å². The minimum atomic E-state index is -0.197. The van der Waals surface area contributed by atoms with Gasteiger partial charge in [0.15, 0.2) is 0 Å². The first-order valence-corrected chi connectivity index (χ1v) is 7.72. The number of piperidine rings is 1. The molecule has 19 heavy (non-hydrogen) atoms. The largest absolute Gasteiger partial charge is 0.342 e. The van der Waals surface area contributed by atoms with Crippen molar-refractivity contribution in [3.8, 4) is 0 Å². The molecule has 3 nitrogen and oxygen atoms in total. The van der Waals surface area contributed by atoms with Gasteiger partial charge in [0.25, 0.3) is 0 Å². The van der Waals surface area contributed by atoms with Crippen molar-refractivity contribution in [1.82, 2.24) is 4.90 Å². The van der Waals surface area contributed by atoms with Crippen LogP contribution in [0.3, 0.4) is 0 Å². The van der Waals surface area contributed by atoms with Crippen LogP contribution < -0.4 is 0 Å². The quantitative estimate of drug-likeness (QED) is 0.769. The summed E-state index contributed by atoms with van der Waals surface area (Å²) in [6.07, 6.45) is 6.15. The zero-order chi connectivity index (χ0) is 14.0. The predicted octanol–water partition coefficient (Wildman–Crippen LogP) is 3.03. The molecule has 0 aromatic heterocycles. The van der Waals surface area contributed by atoms with E-state index in [2.05, 4.69) is 6.92 Å². The summed E-state index contributed by atoms with van der Waals surface area (Å²) in [5, 5.41) is 0. The van der Waals surface area contributed by atoms with Gasteiger partial charge < -0.3 is 4.90 Å². The van der Waals surface area contributed by atoms with Gasteiger partial charge in [0.2, 0.25) is 5.91 Å². The molecule has 0 unspecified atom stereocenters. The highest BCUT2D eigenvalue weighted by atomic mass is 16.2. The number of rotatable bonds is 2. The van der Waals surface area contributed by atoms with Crippen LogP contribution in [-0.2, 0) is 9.59 Å². The minimum Gasteiger partial charge on any atom is -0.342 e. The van der Waals surface area contributed by atoms with Crippen LogP contribution in [0.15, 0.2) is 0 Å². The van der Waals surface area contributed by atoms with E-state index in [-0.39, 0.29) is 17.1 Å². The van der Waals surface area contributed by atoms with Crippen molar-refractivity contribution in [3.05, 3.63) is 0 Å². The zero-order valence-electron chi connectivity index (χ0n) is 12.6. The summed E-state index contributed by atoms with van der Waals surface area (Å²) >= 11 is 0. The van der Waals surface area contributed by atoms with E-state index in [0.717, 1.165) is 44.7 Å². The maximum atomic E-state index is 12.5. The Bertz CT molecular complexity index is 348. The molecule has 1 aliphatic heterocycles. The summed E-state index contributed by atoms with van der Waals surface area (Å²) in [7, 11) is 0. The summed E-state index contributed by atoms with van der Waals surface area (Å²) in [6.45, 7) is 7.53. The number of likely N-dealkylation sites (tertiary alicyclic amines) is 1. The van der Waals surface area contributed by atoms with Crippen molar-refractivity contribution >= 4 is 11.7 Å². The molecule has 2 aliphatic rings. The minimum absolute atomic E-state index is 0.197. The zero-order valence-corrected chi connectivity index (χ0v) is 12.6. The molecule has 0 aromatic carbocycles. The number of amides is 1. The Morgan fingerprint density at radius 1 is 1.05 bits per heavy atom. The third-order valence-corrected chi connectivity index (χ3v) is 5.39. The van der Waals surface area contributed by atoms with Gasteiger partial charge in [-0.3, -0.25) is 9.59 Å². The van der Waals surface area contributed by atoms with Gasteiger partial charge in [-0.15, -0.1) is 0 Å². The molecule has 0 bridgehead atoms. The molecule has 0 N–H and O–H groups in total. The van der Waals surface area contributed by atoms with Crippen LogP contribution in [0.2, 0.25) is 0 Å². The van der Waals surface area contributed by atoms with Crippen molar-refractivity contribution in [2.24, 2.45) is 17.3 Å². The van der Waals surface area contributed by atoms with Crippen LogP contribution in [0.4, 0.5) is 0 Å². The first-order valence-electron chi connectivity index (χ1n) is 7.72. The fourth-order valence-electron chi connectivity index (χ4n) is 3.34. The fraction of sp³-hybridized carbons (Fsp3) is 0.875. The molecule has 108 valence electrons. The molecule has 0 radical (unpaired) electrons. The van der Waals surface area contributed by atoms with Crippen LogP contribution in [-0.4, -0.2) is 29.7 Å². The summed E-state index contributed by atoms with van der Waals surface area (Å²) in [4.78, 5) is 26.1. The smallest absolute Gasteiger partial charge is 0.225 e. The standard InChI is InChI=1S/C16H27NO2/c1-12-4-6-14(7-5-12)15(19)17-10-8-16(3,9-11-17)13(2)18/h12,14H,4-11H2,1-3H3. The van der Waals surface area contributed by atoms with E-state index in [0.29, 0.717) is 5.91 Å². The summed E-state index contributed by atoms with van der Waals surface area (Å²) in [5.74, 6) is 1.65. The summed E-state index contributed by atoms with van der Waals surface area (Å²) in [6, 6.07) is 0. The van der Waals surface area contributed by atoms with Crippen LogP contribution in [0, 0.1) is 17.3 Å². The highest BCUT2D eigenvalue weighted by Crippen LogP contribution is 2.34. The van der Waals surface area contributed by atoms with E-state index in [4.69, 9.17) is 0 Å². The number of nitrogens with zero attached hydrogens (tertiary/aromatic N) is 1. The summed E-state index contributed by atoms with van der Waals surface area (Å²) < 4.78 is 0. The molecule has 1 heterocycles. The van der Waals surface area contributed by atoms with E-state index in [1.807, 2.05) is 11.8 Å². The van der Waals surface area contributed by atoms with Gasteiger partial charge in [0.1, 0.15) is 5.78 Å². The molecule has 3 heteroatoms. The molecule has 1 amide bonds. The number of carbonyl (C=O) groups is 2. The normalized spacial score (nSPS) is 31.0. The number of Topliss-reactive ketones (excluding diaryl/α,β-unsaturated/α-hetero) is 1. The lowest BCUT2D eigenvalue weighted by Crippen LogP contribution is -2.47. The van der Waals surface area contributed by atoms with Crippen LogP contribution >= 0.6 is 0 Å². The van der Waals surface area contributed by atoms with Gasteiger partial charge in [-0.25, -0.2) is 0 Å². The number of hydrogen-bond donors (Lipinski definition) is 0. The van der Waals surface area contributed by atoms with Gasteiger partial charge in [-0.1, -0.05) is 13.8 Å². The van der Waals surface area contributed by atoms with Crippen molar-refractivity contribution in [3.63, 3.8) is 0 Å². The average Bonchev–Trinajstić information content (AvgIpc) is 2.39. The Labute approximate surface area is 116 Å². The molecule has 2 rings (SSSR count). The third kappa shape index (κ3) is 3.18. The molecular formula is C16H27NO2. The molecule has 0 aromatic rings. The molecule has 1 saturated heterocycles. The number of ketones is 1. The lowest BCUT2D eigenvalue weighted by Gasteiger charge is -2.39. The summed E-state index contributed by atoms with van der Waals surface area (Å²) in [5.41, 5.74) is -0.197. The molecule has 1 aliphatic carbocycles. The number of hydrogen-bond acceptors (Lipinski definition) is 2. The topological polar surface area (TPSA) is 37.4 Å². The second-order valence-electron chi connectivity index (χ2n) is 6.90. The Hall–Kier alpha value is -0.860. The second-order valence-corrected chi connectivity index (χ2v) is 6.90. The monoisotopic (exact) mass is 265 g/mol. The first-order chi connectivity index (χ1) is 8.92. The Morgan fingerprint density at radius 3 is 2.05 bits per heavy atom. The maximum Gasteiger partial charge on any atom is 0.225 e. The maximum absolute atomic E-state index is 12.5.